The molecule has 31 heavy (non-hydrogen) atoms. The fraction of sp³-hybridized carbons (Fsp3) is 0.440. The van der Waals surface area contributed by atoms with Gasteiger partial charge < -0.3 is 15.1 Å². The molecule has 0 atom stereocenters. The van der Waals surface area contributed by atoms with E-state index in [4.69, 9.17) is 0 Å². The lowest BCUT2D eigenvalue weighted by Gasteiger charge is -2.35. The highest BCUT2D eigenvalue weighted by Crippen LogP contribution is 2.30. The average molecular weight is 424 g/mol. The molecule has 2 aromatic rings. The number of anilines is 2. The van der Waals surface area contributed by atoms with Gasteiger partial charge in [0.15, 0.2) is 0 Å². The van der Waals surface area contributed by atoms with Crippen LogP contribution in [0.1, 0.15) is 59.7 Å². The zero-order chi connectivity index (χ0) is 21.8. The Kier molecular flexibility index (Phi) is 6.54. The lowest BCUT2D eigenvalue weighted by Crippen LogP contribution is -2.38. The molecule has 0 aromatic heterocycles. The van der Waals surface area contributed by atoms with Crippen LogP contribution in [0.25, 0.3) is 0 Å². The lowest BCUT2D eigenvalue weighted by molar-refractivity contribution is 0.0724. The molecule has 0 unspecified atom stereocenters. The molecule has 2 aliphatic heterocycles. The van der Waals surface area contributed by atoms with Gasteiger partial charge in [0.25, 0.3) is 11.8 Å². The number of rotatable bonds is 4. The number of hydrogen-bond donors (Lipinski definition) is 1. The van der Waals surface area contributed by atoms with Crippen LogP contribution in [-0.2, 0) is 0 Å². The number of halogens is 1. The number of carbonyl (C=O) groups is 2. The molecule has 2 saturated heterocycles. The number of likely N-dealkylation sites (tertiary alicyclic amines) is 1. The number of nitrogens with one attached hydrogen (secondary N) is 1. The molecule has 0 saturated carbocycles. The van der Waals surface area contributed by atoms with E-state index in [0.717, 1.165) is 64.0 Å². The van der Waals surface area contributed by atoms with Crippen molar-refractivity contribution in [1.29, 1.82) is 0 Å². The molecule has 2 fully saturated rings. The molecule has 0 bridgehead atoms. The van der Waals surface area contributed by atoms with Crippen molar-refractivity contribution in [2.24, 2.45) is 5.92 Å². The number of amides is 2. The fourth-order valence-electron chi connectivity index (χ4n) is 4.38. The average Bonchev–Trinajstić information content (AvgIpc) is 2.80. The van der Waals surface area contributed by atoms with Crippen molar-refractivity contribution < 1.29 is 14.0 Å². The summed E-state index contributed by atoms with van der Waals surface area (Å²) in [6, 6.07) is 11.0. The topological polar surface area (TPSA) is 52.7 Å². The Balaban J connectivity index is 1.60. The van der Waals surface area contributed by atoms with E-state index in [1.165, 1.54) is 24.3 Å². The second-order valence-corrected chi connectivity index (χ2v) is 8.72. The molecule has 2 amide bonds. The van der Waals surface area contributed by atoms with Crippen molar-refractivity contribution in [2.45, 2.75) is 39.0 Å². The van der Waals surface area contributed by atoms with E-state index in [1.807, 2.05) is 17.0 Å². The van der Waals surface area contributed by atoms with Gasteiger partial charge >= 0.3 is 0 Å². The van der Waals surface area contributed by atoms with Crippen LogP contribution in [0.5, 0.6) is 0 Å². The Labute approximate surface area is 183 Å². The Bertz CT molecular complexity index is 930. The van der Waals surface area contributed by atoms with Crippen LogP contribution in [0.3, 0.4) is 0 Å². The predicted molar refractivity (Wildman–Crippen MR) is 121 cm³/mol. The van der Waals surface area contributed by atoms with Crippen LogP contribution >= 0.6 is 0 Å². The third-order valence-electron chi connectivity index (χ3n) is 6.36. The van der Waals surface area contributed by atoms with E-state index in [2.05, 4.69) is 17.1 Å². The molecule has 164 valence electrons. The Morgan fingerprint density at radius 1 is 0.935 bits per heavy atom. The maximum atomic E-state index is 13.4. The summed E-state index contributed by atoms with van der Waals surface area (Å²) < 4.78 is 13.2. The molecule has 1 N–H and O–H groups in total. The SMILES string of the molecule is CC1CCN(c2ccc(NC(=O)c3ccc(F)cc3)cc2C(=O)N2CCCCC2)CC1. The monoisotopic (exact) mass is 423 g/mol. The highest BCUT2D eigenvalue weighted by atomic mass is 19.1. The van der Waals surface area contributed by atoms with Gasteiger partial charge in [-0.15, -0.1) is 0 Å². The second kappa shape index (κ2) is 9.50. The highest BCUT2D eigenvalue weighted by Gasteiger charge is 2.25. The first-order chi connectivity index (χ1) is 15.0. The Morgan fingerprint density at radius 3 is 2.29 bits per heavy atom. The molecule has 2 aliphatic rings. The van der Waals surface area contributed by atoms with E-state index in [0.29, 0.717) is 22.7 Å². The van der Waals surface area contributed by atoms with Crippen molar-refractivity contribution in [3.05, 3.63) is 59.4 Å². The van der Waals surface area contributed by atoms with E-state index < -0.39 is 0 Å². The molecule has 4 rings (SSSR count). The highest BCUT2D eigenvalue weighted by molar-refractivity contribution is 6.06. The van der Waals surface area contributed by atoms with Crippen LogP contribution in [0, 0.1) is 11.7 Å². The standard InChI is InChI=1S/C25H30FN3O2/c1-18-11-15-28(16-12-18)23-10-9-21(27-24(30)19-5-7-20(26)8-6-19)17-22(23)25(31)29-13-3-2-4-14-29/h5-10,17-18H,2-4,11-16H2,1H3,(H,27,30). The number of hydrogen-bond acceptors (Lipinski definition) is 3. The van der Waals surface area contributed by atoms with Gasteiger partial charge in [-0.3, -0.25) is 9.59 Å². The van der Waals surface area contributed by atoms with E-state index in [1.54, 1.807) is 6.07 Å². The molecule has 0 spiro atoms. The van der Waals surface area contributed by atoms with E-state index in [-0.39, 0.29) is 17.6 Å². The molecule has 2 aromatic carbocycles. The first kappa shape index (κ1) is 21.3. The molecule has 0 radical (unpaired) electrons. The minimum Gasteiger partial charge on any atom is -0.371 e. The van der Waals surface area contributed by atoms with Crippen LogP contribution in [0.15, 0.2) is 42.5 Å². The molecular weight excluding hydrogens is 393 g/mol. The normalized spacial score (nSPS) is 17.5. The third-order valence-corrected chi connectivity index (χ3v) is 6.36. The summed E-state index contributed by atoms with van der Waals surface area (Å²) in [6.45, 7) is 5.69. The van der Waals surface area contributed by atoms with E-state index >= 15 is 0 Å². The smallest absolute Gasteiger partial charge is 0.256 e. The van der Waals surface area contributed by atoms with Crippen LogP contribution in [-0.4, -0.2) is 42.9 Å². The van der Waals surface area contributed by atoms with Gasteiger partial charge in [-0.1, -0.05) is 6.92 Å². The lowest BCUT2D eigenvalue weighted by atomic mass is 9.97. The Hall–Kier alpha value is -2.89. The summed E-state index contributed by atoms with van der Waals surface area (Å²) in [5.74, 6) is 0.0278. The summed E-state index contributed by atoms with van der Waals surface area (Å²) in [5, 5.41) is 2.86. The Morgan fingerprint density at radius 2 is 1.61 bits per heavy atom. The number of benzene rings is 2. The van der Waals surface area contributed by atoms with Crippen LogP contribution in [0.4, 0.5) is 15.8 Å². The summed E-state index contributed by atoms with van der Waals surface area (Å²) in [7, 11) is 0. The molecule has 5 nitrogen and oxygen atoms in total. The molecular formula is C25H30FN3O2. The van der Waals surface area contributed by atoms with Crippen LogP contribution < -0.4 is 10.2 Å². The van der Waals surface area contributed by atoms with Gasteiger partial charge in [0.05, 0.1) is 5.56 Å². The second-order valence-electron chi connectivity index (χ2n) is 8.72. The summed E-state index contributed by atoms with van der Waals surface area (Å²) >= 11 is 0. The summed E-state index contributed by atoms with van der Waals surface area (Å²) in [5.41, 5.74) is 2.54. The maximum Gasteiger partial charge on any atom is 0.256 e. The van der Waals surface area contributed by atoms with Gasteiger partial charge in [0.1, 0.15) is 5.82 Å². The van der Waals surface area contributed by atoms with Gasteiger partial charge in [-0.2, -0.15) is 0 Å². The van der Waals surface area contributed by atoms with Crippen molar-refractivity contribution in [1.82, 2.24) is 4.90 Å². The minimum atomic E-state index is -0.383. The number of carbonyl (C=O) groups excluding carboxylic acids is 2. The predicted octanol–water partition coefficient (Wildman–Crippen LogP) is 4.94. The van der Waals surface area contributed by atoms with Gasteiger partial charge in [0.2, 0.25) is 0 Å². The zero-order valence-electron chi connectivity index (χ0n) is 18.1. The fourth-order valence-corrected chi connectivity index (χ4v) is 4.38. The minimum absolute atomic E-state index is 0.0335. The maximum absolute atomic E-state index is 13.4. The van der Waals surface area contributed by atoms with Crippen molar-refractivity contribution in [3.63, 3.8) is 0 Å². The molecule has 6 heteroatoms. The van der Waals surface area contributed by atoms with Crippen molar-refractivity contribution in [3.8, 4) is 0 Å². The van der Waals surface area contributed by atoms with Crippen molar-refractivity contribution in [2.75, 3.05) is 36.4 Å². The third kappa shape index (κ3) is 5.06. The van der Waals surface area contributed by atoms with Crippen LogP contribution in [0.2, 0.25) is 0 Å². The first-order valence-electron chi connectivity index (χ1n) is 11.3. The number of piperidine rings is 2. The number of nitrogens with zero attached hydrogens (tertiary/aromatic N) is 2. The largest absolute Gasteiger partial charge is 0.371 e. The molecule has 2 heterocycles. The molecule has 0 aliphatic carbocycles. The van der Waals surface area contributed by atoms with Crippen molar-refractivity contribution >= 4 is 23.2 Å². The summed E-state index contributed by atoms with van der Waals surface area (Å²) in [4.78, 5) is 30.2. The first-order valence-corrected chi connectivity index (χ1v) is 11.3. The zero-order valence-corrected chi connectivity index (χ0v) is 18.1. The van der Waals surface area contributed by atoms with Gasteiger partial charge in [0, 0.05) is 43.1 Å². The summed E-state index contributed by atoms with van der Waals surface area (Å²) in [6.07, 6.45) is 5.45. The quantitative estimate of drug-likeness (QED) is 0.758. The van der Waals surface area contributed by atoms with Gasteiger partial charge in [-0.05, 0) is 80.5 Å². The van der Waals surface area contributed by atoms with E-state index in [9.17, 15) is 14.0 Å². The van der Waals surface area contributed by atoms with Gasteiger partial charge in [-0.25, -0.2) is 4.39 Å².